The number of piperidine rings is 1. The van der Waals surface area contributed by atoms with Gasteiger partial charge in [-0.15, -0.1) is 24.0 Å². The first-order valence-electron chi connectivity index (χ1n) is 11.3. The van der Waals surface area contributed by atoms with Crippen LogP contribution in [0.1, 0.15) is 39.0 Å². The Labute approximate surface area is 194 Å². The zero-order valence-corrected chi connectivity index (χ0v) is 21.0. The van der Waals surface area contributed by atoms with Crippen molar-refractivity contribution in [1.29, 1.82) is 0 Å². The van der Waals surface area contributed by atoms with E-state index in [0.29, 0.717) is 18.2 Å². The first-order valence-corrected chi connectivity index (χ1v) is 11.3. The summed E-state index contributed by atoms with van der Waals surface area (Å²) in [5, 5.41) is 3.50. The van der Waals surface area contributed by atoms with E-state index < -0.39 is 0 Å². The van der Waals surface area contributed by atoms with Gasteiger partial charge in [0.25, 0.3) is 0 Å². The van der Waals surface area contributed by atoms with Crippen LogP contribution in [0.15, 0.2) is 4.99 Å². The Morgan fingerprint density at radius 1 is 1.10 bits per heavy atom. The maximum Gasteiger partial charge on any atom is 0.193 e. The molecule has 3 fully saturated rings. The lowest BCUT2D eigenvalue weighted by Gasteiger charge is -2.38. The van der Waals surface area contributed by atoms with E-state index >= 15 is 0 Å². The molecule has 0 aromatic rings. The molecule has 170 valence electrons. The summed E-state index contributed by atoms with van der Waals surface area (Å²) < 4.78 is 12.0. The largest absolute Gasteiger partial charge is 0.376 e. The summed E-state index contributed by atoms with van der Waals surface area (Å²) in [5.41, 5.74) is 0. The van der Waals surface area contributed by atoms with Crippen LogP contribution < -0.4 is 5.32 Å². The van der Waals surface area contributed by atoms with Crippen molar-refractivity contribution >= 4 is 29.9 Å². The average molecular weight is 524 g/mol. The Hall–Kier alpha value is -0.160. The third kappa shape index (κ3) is 8.12. The van der Waals surface area contributed by atoms with Gasteiger partial charge in [-0.3, -0.25) is 9.89 Å². The number of hydrogen-bond acceptors (Lipinski definition) is 5. The van der Waals surface area contributed by atoms with Crippen molar-refractivity contribution < 1.29 is 9.47 Å². The van der Waals surface area contributed by atoms with Gasteiger partial charge in [0.2, 0.25) is 0 Å². The van der Waals surface area contributed by atoms with Crippen molar-refractivity contribution in [1.82, 2.24) is 20.0 Å². The highest BCUT2D eigenvalue weighted by Crippen LogP contribution is 2.18. The maximum atomic E-state index is 6.17. The SMILES string of the molecule is CCNC(=NCC1CN(C)CCN1C)N1CCC(OCC2CCCCO2)CC1.I. The van der Waals surface area contributed by atoms with Crippen molar-refractivity contribution in [2.75, 3.05) is 73.1 Å². The Bertz CT molecular complexity index is 482. The van der Waals surface area contributed by atoms with E-state index in [1.165, 1.54) is 12.8 Å². The Morgan fingerprint density at radius 2 is 1.90 bits per heavy atom. The molecule has 8 heteroatoms. The van der Waals surface area contributed by atoms with E-state index in [-0.39, 0.29) is 24.0 Å². The lowest BCUT2D eigenvalue weighted by molar-refractivity contribution is -0.0721. The summed E-state index contributed by atoms with van der Waals surface area (Å²) in [5.74, 6) is 1.07. The summed E-state index contributed by atoms with van der Waals surface area (Å²) in [7, 11) is 4.43. The molecular formula is C21H42IN5O2. The number of nitrogens with zero attached hydrogens (tertiary/aromatic N) is 4. The van der Waals surface area contributed by atoms with Gasteiger partial charge in [0, 0.05) is 51.9 Å². The summed E-state index contributed by atoms with van der Waals surface area (Å²) in [6, 6.07) is 0.503. The normalized spacial score (nSPS) is 28.2. The van der Waals surface area contributed by atoms with Crippen LogP contribution in [0, 0.1) is 0 Å². The van der Waals surface area contributed by atoms with Gasteiger partial charge in [-0.2, -0.15) is 0 Å². The van der Waals surface area contributed by atoms with Gasteiger partial charge in [0.15, 0.2) is 5.96 Å². The smallest absolute Gasteiger partial charge is 0.193 e. The number of rotatable bonds is 6. The number of ether oxygens (including phenoxy) is 2. The monoisotopic (exact) mass is 523 g/mol. The highest BCUT2D eigenvalue weighted by Gasteiger charge is 2.25. The molecule has 0 spiro atoms. The Balaban J connectivity index is 0.00000300. The minimum Gasteiger partial charge on any atom is -0.376 e. The van der Waals surface area contributed by atoms with Gasteiger partial charge in [-0.25, -0.2) is 0 Å². The second-order valence-corrected chi connectivity index (χ2v) is 8.60. The van der Waals surface area contributed by atoms with Crippen LogP contribution >= 0.6 is 24.0 Å². The number of guanidine groups is 1. The van der Waals surface area contributed by atoms with E-state index in [1.54, 1.807) is 0 Å². The number of likely N-dealkylation sites (N-methyl/N-ethyl adjacent to an activating group) is 2. The van der Waals surface area contributed by atoms with Crippen LogP contribution in [0.4, 0.5) is 0 Å². The first-order chi connectivity index (χ1) is 13.7. The maximum absolute atomic E-state index is 6.17. The number of likely N-dealkylation sites (tertiary alicyclic amines) is 1. The molecule has 0 bridgehead atoms. The molecule has 0 aromatic heterocycles. The summed E-state index contributed by atoms with van der Waals surface area (Å²) in [6.07, 6.45) is 6.46. The predicted molar refractivity (Wildman–Crippen MR) is 129 cm³/mol. The third-order valence-corrected chi connectivity index (χ3v) is 6.30. The van der Waals surface area contributed by atoms with Gasteiger partial charge in [-0.1, -0.05) is 0 Å². The third-order valence-electron chi connectivity index (χ3n) is 6.30. The molecule has 2 unspecified atom stereocenters. The minimum absolute atomic E-state index is 0. The van der Waals surface area contributed by atoms with Crippen LogP contribution in [0.2, 0.25) is 0 Å². The molecule has 3 heterocycles. The average Bonchev–Trinajstić information content (AvgIpc) is 2.73. The van der Waals surface area contributed by atoms with Crippen LogP contribution in [-0.2, 0) is 9.47 Å². The second-order valence-electron chi connectivity index (χ2n) is 8.60. The van der Waals surface area contributed by atoms with E-state index in [4.69, 9.17) is 14.5 Å². The Kier molecular flexibility index (Phi) is 11.5. The fourth-order valence-corrected chi connectivity index (χ4v) is 4.33. The zero-order chi connectivity index (χ0) is 19.8. The van der Waals surface area contributed by atoms with E-state index in [1.807, 2.05) is 0 Å². The predicted octanol–water partition coefficient (Wildman–Crippen LogP) is 1.87. The highest BCUT2D eigenvalue weighted by molar-refractivity contribution is 14.0. The fraction of sp³-hybridized carbons (Fsp3) is 0.952. The fourth-order valence-electron chi connectivity index (χ4n) is 4.33. The standard InChI is InChI=1S/C21H41N5O2.HI/c1-4-22-21(23-15-18-16-24(2)12-13-25(18)3)26-10-8-19(9-11-26)28-17-20-7-5-6-14-27-20;/h18-20H,4-17H2,1-3H3,(H,22,23);1H. The molecule has 2 atom stereocenters. The van der Waals surface area contributed by atoms with Crippen molar-refractivity contribution in [3.05, 3.63) is 0 Å². The molecule has 1 N–H and O–H groups in total. The molecular weight excluding hydrogens is 481 g/mol. The molecule has 0 aliphatic carbocycles. The molecule has 3 aliphatic rings. The number of nitrogens with one attached hydrogen (secondary N) is 1. The van der Waals surface area contributed by atoms with Crippen LogP contribution in [0.5, 0.6) is 0 Å². The number of piperazine rings is 1. The minimum atomic E-state index is 0. The molecule has 3 saturated heterocycles. The number of aliphatic imine (C=N–C) groups is 1. The summed E-state index contributed by atoms with van der Waals surface area (Å²) >= 11 is 0. The topological polar surface area (TPSA) is 52.6 Å². The van der Waals surface area contributed by atoms with Crippen molar-refractivity contribution in [2.24, 2.45) is 4.99 Å². The van der Waals surface area contributed by atoms with Gasteiger partial charge >= 0.3 is 0 Å². The van der Waals surface area contributed by atoms with Crippen molar-refractivity contribution in [2.45, 2.75) is 57.3 Å². The molecule has 29 heavy (non-hydrogen) atoms. The van der Waals surface area contributed by atoms with Crippen LogP contribution in [0.3, 0.4) is 0 Å². The molecule has 0 amide bonds. The van der Waals surface area contributed by atoms with Crippen LogP contribution in [0.25, 0.3) is 0 Å². The molecule has 0 saturated carbocycles. The highest BCUT2D eigenvalue weighted by atomic mass is 127. The Morgan fingerprint density at radius 3 is 2.59 bits per heavy atom. The van der Waals surface area contributed by atoms with Crippen molar-refractivity contribution in [3.8, 4) is 0 Å². The van der Waals surface area contributed by atoms with Gasteiger partial charge in [0.1, 0.15) is 0 Å². The number of halogens is 1. The molecule has 3 aliphatic heterocycles. The van der Waals surface area contributed by atoms with Gasteiger partial charge in [-0.05, 0) is 53.1 Å². The first kappa shape index (κ1) is 25.1. The van der Waals surface area contributed by atoms with Gasteiger partial charge in [0.05, 0.1) is 25.4 Å². The summed E-state index contributed by atoms with van der Waals surface area (Å²) in [4.78, 5) is 12.3. The van der Waals surface area contributed by atoms with Gasteiger partial charge < -0.3 is 24.6 Å². The lowest BCUT2D eigenvalue weighted by Crippen LogP contribution is -2.52. The van der Waals surface area contributed by atoms with Crippen molar-refractivity contribution in [3.63, 3.8) is 0 Å². The second kappa shape index (κ2) is 13.3. The molecule has 3 rings (SSSR count). The lowest BCUT2D eigenvalue weighted by atomic mass is 10.1. The van der Waals surface area contributed by atoms with Crippen LogP contribution in [-0.4, -0.2) is 112 Å². The van der Waals surface area contributed by atoms with E-state index in [0.717, 1.165) is 84.2 Å². The molecule has 0 aromatic carbocycles. The number of hydrogen-bond donors (Lipinski definition) is 1. The summed E-state index contributed by atoms with van der Waals surface area (Å²) in [6.45, 7) is 11.0. The quantitative estimate of drug-likeness (QED) is 0.326. The molecule has 0 radical (unpaired) electrons. The molecule has 7 nitrogen and oxygen atoms in total. The zero-order valence-electron chi connectivity index (χ0n) is 18.6. The van der Waals surface area contributed by atoms with E-state index in [9.17, 15) is 0 Å². The van der Waals surface area contributed by atoms with E-state index in [2.05, 4.69) is 41.0 Å².